The van der Waals surface area contributed by atoms with Crippen LogP contribution < -0.4 is 0 Å². The molecule has 2 aliphatic heterocycles. The summed E-state index contributed by atoms with van der Waals surface area (Å²) in [7, 11) is 0. The number of likely N-dealkylation sites (tertiary alicyclic amines) is 1. The molecule has 0 unspecified atom stereocenters. The first-order chi connectivity index (χ1) is 16.8. The Morgan fingerprint density at radius 3 is 2.54 bits per heavy atom. The number of ether oxygens (including phenoxy) is 1. The average Bonchev–Trinajstić information content (AvgIpc) is 3.28. The van der Waals surface area contributed by atoms with Crippen LogP contribution in [0.2, 0.25) is 0 Å². The largest absolute Gasteiger partial charge is 0.466 e. The van der Waals surface area contributed by atoms with E-state index in [1.807, 2.05) is 6.92 Å². The smallest absolute Gasteiger partial charge is 0.310 e. The molecule has 1 fully saturated rings. The van der Waals surface area contributed by atoms with Gasteiger partial charge in [-0.2, -0.15) is 5.10 Å². The number of hydrogen-bond donors (Lipinski definition) is 0. The van der Waals surface area contributed by atoms with Crippen LogP contribution >= 0.6 is 0 Å². The standard InChI is InChI=1S/C29H37N3O3/c1-6-35-29(34)24-8-7-13-31(17-24)18-28(33)32-27(25-14-19(2)9-10-21(25)4)16-26(30-32)23-12-11-20(3)22(5)15-23/h9-12,14-15,24,27H,6-8,13,16-18H2,1-5H3/t24-,27-/m1/s1. The summed E-state index contributed by atoms with van der Waals surface area (Å²) in [5.41, 5.74) is 7.95. The van der Waals surface area contributed by atoms with Crippen LogP contribution in [-0.4, -0.2) is 53.7 Å². The highest BCUT2D eigenvalue weighted by Gasteiger charge is 2.36. The number of benzene rings is 2. The van der Waals surface area contributed by atoms with E-state index in [4.69, 9.17) is 9.84 Å². The number of nitrogens with zero attached hydrogens (tertiary/aromatic N) is 3. The molecule has 0 bridgehead atoms. The van der Waals surface area contributed by atoms with Gasteiger partial charge in [-0.05, 0) is 87.9 Å². The Hall–Kier alpha value is -2.99. The third-order valence-electron chi connectivity index (χ3n) is 7.28. The fraction of sp³-hybridized carbons (Fsp3) is 0.483. The summed E-state index contributed by atoms with van der Waals surface area (Å²) in [6.07, 6.45) is 2.38. The fourth-order valence-corrected chi connectivity index (χ4v) is 5.11. The first-order valence-electron chi connectivity index (χ1n) is 12.7. The topological polar surface area (TPSA) is 62.2 Å². The molecule has 2 heterocycles. The van der Waals surface area contributed by atoms with E-state index in [2.05, 4.69) is 69.0 Å². The van der Waals surface area contributed by atoms with Gasteiger partial charge in [-0.25, -0.2) is 5.01 Å². The Bertz CT molecular complexity index is 1140. The average molecular weight is 476 g/mol. The number of esters is 1. The van der Waals surface area contributed by atoms with Crippen molar-refractivity contribution >= 4 is 17.6 Å². The zero-order valence-corrected chi connectivity index (χ0v) is 21.6. The van der Waals surface area contributed by atoms with Crippen molar-refractivity contribution in [2.45, 2.75) is 59.9 Å². The van der Waals surface area contributed by atoms with Gasteiger partial charge >= 0.3 is 5.97 Å². The normalized spacial score (nSPS) is 20.6. The van der Waals surface area contributed by atoms with Gasteiger partial charge in [-0.1, -0.05) is 35.9 Å². The maximum absolute atomic E-state index is 13.7. The first kappa shape index (κ1) is 25.1. The lowest BCUT2D eigenvalue weighted by Gasteiger charge is -2.32. The van der Waals surface area contributed by atoms with Crippen LogP contribution in [0.4, 0.5) is 0 Å². The Balaban J connectivity index is 1.59. The van der Waals surface area contributed by atoms with Crippen molar-refractivity contribution in [1.29, 1.82) is 0 Å². The maximum atomic E-state index is 13.7. The van der Waals surface area contributed by atoms with Crippen molar-refractivity contribution in [3.05, 3.63) is 69.8 Å². The van der Waals surface area contributed by atoms with E-state index in [0.29, 0.717) is 19.6 Å². The van der Waals surface area contributed by atoms with Crippen LogP contribution in [0.5, 0.6) is 0 Å². The molecule has 6 nitrogen and oxygen atoms in total. The third kappa shape index (κ3) is 5.64. The van der Waals surface area contributed by atoms with Gasteiger partial charge in [-0.15, -0.1) is 0 Å². The summed E-state index contributed by atoms with van der Waals surface area (Å²) in [6.45, 7) is 12.2. The lowest BCUT2D eigenvalue weighted by atomic mass is 9.93. The Morgan fingerprint density at radius 2 is 1.80 bits per heavy atom. The number of rotatable bonds is 6. The van der Waals surface area contributed by atoms with Crippen LogP contribution in [0, 0.1) is 33.6 Å². The molecule has 186 valence electrons. The second kappa shape index (κ2) is 10.7. The van der Waals surface area contributed by atoms with E-state index >= 15 is 0 Å². The van der Waals surface area contributed by atoms with Crippen molar-refractivity contribution in [2.75, 3.05) is 26.2 Å². The molecule has 1 amide bonds. The van der Waals surface area contributed by atoms with Crippen LogP contribution in [0.3, 0.4) is 0 Å². The van der Waals surface area contributed by atoms with Crippen LogP contribution in [0.15, 0.2) is 41.5 Å². The van der Waals surface area contributed by atoms with Crippen molar-refractivity contribution in [1.82, 2.24) is 9.91 Å². The van der Waals surface area contributed by atoms with Crippen molar-refractivity contribution in [3.8, 4) is 0 Å². The molecule has 0 aliphatic carbocycles. The number of aryl methyl sites for hydroxylation is 4. The van der Waals surface area contributed by atoms with E-state index in [9.17, 15) is 9.59 Å². The monoisotopic (exact) mass is 475 g/mol. The van der Waals surface area contributed by atoms with Gasteiger partial charge in [0.05, 0.1) is 30.8 Å². The second-order valence-electron chi connectivity index (χ2n) is 9.99. The highest BCUT2D eigenvalue weighted by atomic mass is 16.5. The van der Waals surface area contributed by atoms with E-state index < -0.39 is 0 Å². The molecule has 35 heavy (non-hydrogen) atoms. The summed E-state index contributed by atoms with van der Waals surface area (Å²) in [5, 5.41) is 6.58. The van der Waals surface area contributed by atoms with Gasteiger partial charge in [0.15, 0.2) is 0 Å². The van der Waals surface area contributed by atoms with Crippen molar-refractivity contribution in [3.63, 3.8) is 0 Å². The Kier molecular flexibility index (Phi) is 7.70. The molecule has 2 aliphatic rings. The highest BCUT2D eigenvalue weighted by Crippen LogP contribution is 2.35. The van der Waals surface area contributed by atoms with Crippen LogP contribution in [0.25, 0.3) is 0 Å². The maximum Gasteiger partial charge on any atom is 0.310 e. The summed E-state index contributed by atoms with van der Waals surface area (Å²) in [4.78, 5) is 28.0. The third-order valence-corrected chi connectivity index (χ3v) is 7.28. The molecule has 1 saturated heterocycles. The molecule has 4 rings (SSSR count). The molecule has 0 radical (unpaired) electrons. The lowest BCUT2D eigenvalue weighted by molar-refractivity contribution is -0.150. The number of piperidine rings is 1. The number of hydrazone groups is 1. The van der Waals surface area contributed by atoms with Gasteiger partial charge in [-0.3, -0.25) is 14.5 Å². The Labute approximate surface area is 209 Å². The summed E-state index contributed by atoms with van der Waals surface area (Å²) in [5.74, 6) is -0.354. The molecule has 2 aromatic rings. The van der Waals surface area contributed by atoms with Gasteiger partial charge in [0.25, 0.3) is 5.91 Å². The molecular formula is C29H37N3O3. The fourth-order valence-electron chi connectivity index (χ4n) is 5.11. The lowest BCUT2D eigenvalue weighted by Crippen LogP contribution is -2.44. The molecule has 0 aromatic heterocycles. The minimum absolute atomic E-state index is 0.0285. The molecule has 2 atom stereocenters. The van der Waals surface area contributed by atoms with Gasteiger partial charge in [0, 0.05) is 13.0 Å². The molecule has 0 N–H and O–H groups in total. The zero-order chi connectivity index (χ0) is 25.1. The van der Waals surface area contributed by atoms with Crippen molar-refractivity contribution in [2.24, 2.45) is 11.0 Å². The minimum atomic E-state index is -0.167. The predicted molar refractivity (Wildman–Crippen MR) is 138 cm³/mol. The van der Waals surface area contributed by atoms with E-state index in [0.717, 1.165) is 41.8 Å². The van der Waals surface area contributed by atoms with Gasteiger partial charge < -0.3 is 4.74 Å². The van der Waals surface area contributed by atoms with Gasteiger partial charge in [0.1, 0.15) is 0 Å². The molecule has 6 heteroatoms. The quantitative estimate of drug-likeness (QED) is 0.559. The van der Waals surface area contributed by atoms with Gasteiger partial charge in [0.2, 0.25) is 0 Å². The summed E-state index contributed by atoms with van der Waals surface area (Å²) in [6, 6.07) is 12.7. The number of carbonyl (C=O) groups is 2. The summed E-state index contributed by atoms with van der Waals surface area (Å²) < 4.78 is 5.23. The molecule has 0 spiro atoms. The minimum Gasteiger partial charge on any atom is -0.466 e. The van der Waals surface area contributed by atoms with Crippen LogP contribution in [0.1, 0.15) is 65.6 Å². The number of amides is 1. The first-order valence-corrected chi connectivity index (χ1v) is 12.7. The van der Waals surface area contributed by atoms with Crippen molar-refractivity contribution < 1.29 is 14.3 Å². The SMILES string of the molecule is CCOC(=O)[C@@H]1CCCN(CC(=O)N2N=C(c3ccc(C)c(C)c3)C[C@@H]2c2cc(C)ccc2C)C1. The highest BCUT2D eigenvalue weighted by molar-refractivity contribution is 6.03. The zero-order valence-electron chi connectivity index (χ0n) is 21.6. The molecule has 0 saturated carbocycles. The second-order valence-corrected chi connectivity index (χ2v) is 9.99. The predicted octanol–water partition coefficient (Wildman–Crippen LogP) is 4.87. The molecular weight excluding hydrogens is 438 g/mol. The number of hydrogen-bond acceptors (Lipinski definition) is 5. The number of carbonyl (C=O) groups excluding carboxylic acids is 2. The van der Waals surface area contributed by atoms with E-state index in [-0.39, 0.29) is 30.4 Å². The Morgan fingerprint density at radius 1 is 1.03 bits per heavy atom. The molecule has 2 aromatic carbocycles. The van der Waals surface area contributed by atoms with E-state index in [1.54, 1.807) is 5.01 Å². The van der Waals surface area contributed by atoms with Crippen LogP contribution in [-0.2, 0) is 14.3 Å². The van der Waals surface area contributed by atoms with E-state index in [1.165, 1.54) is 16.7 Å². The summed E-state index contributed by atoms with van der Waals surface area (Å²) >= 11 is 0.